The van der Waals surface area contributed by atoms with E-state index in [-0.39, 0.29) is 0 Å². The summed E-state index contributed by atoms with van der Waals surface area (Å²) >= 11 is 0. The Morgan fingerprint density at radius 2 is 1.76 bits per heavy atom. The molecule has 0 aliphatic heterocycles. The minimum absolute atomic E-state index is 0.608. The Labute approximate surface area is 121 Å². The smallest absolute Gasteiger partial charge is 0.204 e. The molecule has 2 heterocycles. The highest BCUT2D eigenvalue weighted by molar-refractivity contribution is 5.96. The minimum atomic E-state index is 0.608. The van der Waals surface area contributed by atoms with Gasteiger partial charge in [-0.2, -0.15) is 5.21 Å². The topological polar surface area (TPSA) is 70.2 Å². The van der Waals surface area contributed by atoms with Gasteiger partial charge >= 0.3 is 0 Å². The minimum Gasteiger partial charge on any atom is -0.361 e. The average molecular weight is 275 g/mol. The van der Waals surface area contributed by atoms with Crippen LogP contribution in [0.15, 0.2) is 48.7 Å². The van der Waals surface area contributed by atoms with E-state index in [4.69, 9.17) is 0 Å². The molecule has 0 atom stereocenters. The molecule has 0 aliphatic carbocycles. The lowest BCUT2D eigenvalue weighted by Crippen LogP contribution is -1.82. The number of aryl methyl sites for hydroxylation is 1. The van der Waals surface area contributed by atoms with Crippen LogP contribution in [0, 0.1) is 6.92 Å². The van der Waals surface area contributed by atoms with E-state index in [0.717, 1.165) is 11.1 Å². The summed E-state index contributed by atoms with van der Waals surface area (Å²) in [6, 6.07) is 14.6. The number of hydrogen-bond acceptors (Lipinski definition) is 3. The first-order valence-electron chi connectivity index (χ1n) is 6.73. The standard InChI is InChI=1S/C16H13N5/c1-10-2-7-15-13(8-10)14(9-17-15)11-3-5-12(6-4-11)16-18-20-21-19-16/h2-9,17H,1H3,(H,18,19,20,21). The zero-order valence-corrected chi connectivity index (χ0v) is 11.5. The van der Waals surface area contributed by atoms with Crippen molar-refractivity contribution in [1.82, 2.24) is 25.6 Å². The van der Waals surface area contributed by atoms with Crippen molar-refractivity contribution in [1.29, 1.82) is 0 Å². The van der Waals surface area contributed by atoms with Crippen LogP contribution in [0.5, 0.6) is 0 Å². The van der Waals surface area contributed by atoms with Crippen LogP contribution in [-0.2, 0) is 0 Å². The number of H-pyrrole nitrogens is 2. The van der Waals surface area contributed by atoms with Gasteiger partial charge < -0.3 is 4.98 Å². The van der Waals surface area contributed by atoms with E-state index in [9.17, 15) is 0 Å². The molecule has 0 spiro atoms. The molecule has 2 N–H and O–H groups in total. The van der Waals surface area contributed by atoms with Crippen LogP contribution < -0.4 is 0 Å². The Kier molecular flexibility index (Phi) is 2.57. The summed E-state index contributed by atoms with van der Waals surface area (Å²) in [7, 11) is 0. The van der Waals surface area contributed by atoms with Crippen molar-refractivity contribution in [2.24, 2.45) is 0 Å². The number of fused-ring (bicyclic) bond motifs is 1. The molecule has 0 aliphatic rings. The SMILES string of the molecule is Cc1ccc2[nH]cc(-c3ccc(-c4nn[nH]n4)cc3)c2c1. The number of nitrogens with one attached hydrogen (secondary N) is 2. The van der Waals surface area contributed by atoms with Crippen molar-refractivity contribution in [2.75, 3.05) is 0 Å². The average Bonchev–Trinajstić information content (AvgIpc) is 3.16. The predicted octanol–water partition coefficient (Wildman–Crippen LogP) is 3.32. The lowest BCUT2D eigenvalue weighted by Gasteiger charge is -2.02. The first-order chi connectivity index (χ1) is 10.3. The molecule has 0 bridgehead atoms. The summed E-state index contributed by atoms with van der Waals surface area (Å²) in [6.07, 6.45) is 2.05. The zero-order chi connectivity index (χ0) is 14.2. The fourth-order valence-electron chi connectivity index (χ4n) is 2.56. The number of benzene rings is 2. The van der Waals surface area contributed by atoms with Crippen LogP contribution in [-0.4, -0.2) is 25.6 Å². The third-order valence-electron chi connectivity index (χ3n) is 3.64. The van der Waals surface area contributed by atoms with Gasteiger partial charge in [-0.15, -0.1) is 10.2 Å². The summed E-state index contributed by atoms with van der Waals surface area (Å²) < 4.78 is 0. The first-order valence-corrected chi connectivity index (χ1v) is 6.73. The molecule has 21 heavy (non-hydrogen) atoms. The van der Waals surface area contributed by atoms with Crippen LogP contribution in [0.2, 0.25) is 0 Å². The van der Waals surface area contributed by atoms with Crippen molar-refractivity contribution >= 4 is 10.9 Å². The van der Waals surface area contributed by atoms with Crippen LogP contribution in [0.25, 0.3) is 33.4 Å². The highest BCUT2D eigenvalue weighted by atomic mass is 15.5. The van der Waals surface area contributed by atoms with Crippen LogP contribution in [0.1, 0.15) is 5.56 Å². The van der Waals surface area contributed by atoms with Crippen molar-refractivity contribution in [3.63, 3.8) is 0 Å². The van der Waals surface area contributed by atoms with Gasteiger partial charge in [-0.05, 0) is 29.8 Å². The van der Waals surface area contributed by atoms with Gasteiger partial charge in [-0.3, -0.25) is 0 Å². The Bertz CT molecular complexity index is 888. The number of aromatic amines is 2. The van der Waals surface area contributed by atoms with E-state index in [1.165, 1.54) is 22.1 Å². The summed E-state index contributed by atoms with van der Waals surface area (Å²) in [5.41, 5.74) is 5.72. The quantitative estimate of drug-likeness (QED) is 0.589. The molecular formula is C16H13N5. The number of hydrogen-bond donors (Lipinski definition) is 2. The second kappa shape index (κ2) is 4.56. The van der Waals surface area contributed by atoms with Gasteiger partial charge in [0.15, 0.2) is 0 Å². The fourth-order valence-corrected chi connectivity index (χ4v) is 2.56. The van der Waals surface area contributed by atoms with Gasteiger partial charge in [-0.1, -0.05) is 35.9 Å². The van der Waals surface area contributed by atoms with Crippen molar-refractivity contribution in [2.45, 2.75) is 6.92 Å². The molecule has 4 rings (SSSR count). The molecule has 0 amide bonds. The Balaban J connectivity index is 1.80. The lowest BCUT2D eigenvalue weighted by molar-refractivity contribution is 0.881. The Morgan fingerprint density at radius 3 is 2.52 bits per heavy atom. The van der Waals surface area contributed by atoms with Gasteiger partial charge in [-0.25, -0.2) is 0 Å². The second-order valence-corrected chi connectivity index (χ2v) is 5.06. The summed E-state index contributed by atoms with van der Waals surface area (Å²) in [6.45, 7) is 2.11. The van der Waals surface area contributed by atoms with E-state index in [1.807, 2.05) is 18.3 Å². The van der Waals surface area contributed by atoms with E-state index in [2.05, 4.69) is 62.9 Å². The molecule has 0 fully saturated rings. The van der Waals surface area contributed by atoms with Gasteiger partial charge in [0.2, 0.25) is 5.82 Å². The van der Waals surface area contributed by atoms with Gasteiger partial charge in [0.25, 0.3) is 0 Å². The maximum absolute atomic E-state index is 3.99. The van der Waals surface area contributed by atoms with Crippen LogP contribution in [0.4, 0.5) is 0 Å². The monoisotopic (exact) mass is 275 g/mol. The maximum atomic E-state index is 3.99. The first kappa shape index (κ1) is 11.8. The second-order valence-electron chi connectivity index (χ2n) is 5.06. The molecule has 0 radical (unpaired) electrons. The Hall–Kier alpha value is -2.95. The summed E-state index contributed by atoms with van der Waals surface area (Å²) in [5.74, 6) is 0.608. The molecular weight excluding hydrogens is 262 g/mol. The summed E-state index contributed by atoms with van der Waals surface area (Å²) in [5, 5.41) is 15.3. The zero-order valence-electron chi connectivity index (χ0n) is 11.5. The molecule has 2 aromatic heterocycles. The molecule has 5 nitrogen and oxygen atoms in total. The molecule has 4 aromatic rings. The fraction of sp³-hybridized carbons (Fsp3) is 0.0625. The van der Waals surface area contributed by atoms with E-state index >= 15 is 0 Å². The highest BCUT2D eigenvalue weighted by Crippen LogP contribution is 2.30. The third-order valence-corrected chi connectivity index (χ3v) is 3.64. The van der Waals surface area contributed by atoms with Crippen molar-refractivity contribution < 1.29 is 0 Å². The van der Waals surface area contributed by atoms with E-state index in [0.29, 0.717) is 5.82 Å². The molecule has 0 saturated carbocycles. The van der Waals surface area contributed by atoms with Crippen molar-refractivity contribution in [3.8, 4) is 22.5 Å². The van der Waals surface area contributed by atoms with Gasteiger partial charge in [0.1, 0.15) is 0 Å². The molecule has 0 unspecified atom stereocenters. The van der Waals surface area contributed by atoms with Crippen molar-refractivity contribution in [3.05, 3.63) is 54.2 Å². The Morgan fingerprint density at radius 1 is 0.952 bits per heavy atom. The maximum Gasteiger partial charge on any atom is 0.204 e. The lowest BCUT2D eigenvalue weighted by atomic mass is 10.0. The van der Waals surface area contributed by atoms with E-state index < -0.39 is 0 Å². The van der Waals surface area contributed by atoms with Gasteiger partial charge in [0.05, 0.1) is 0 Å². The number of tetrazole rings is 1. The van der Waals surface area contributed by atoms with E-state index in [1.54, 1.807) is 0 Å². The number of rotatable bonds is 2. The summed E-state index contributed by atoms with van der Waals surface area (Å²) in [4.78, 5) is 3.32. The van der Waals surface area contributed by atoms with Gasteiger partial charge in [0, 0.05) is 28.2 Å². The largest absolute Gasteiger partial charge is 0.361 e. The number of nitrogens with zero attached hydrogens (tertiary/aromatic N) is 3. The highest BCUT2D eigenvalue weighted by Gasteiger charge is 2.08. The van der Waals surface area contributed by atoms with Crippen LogP contribution in [0.3, 0.4) is 0 Å². The molecule has 102 valence electrons. The molecule has 5 heteroatoms. The predicted molar refractivity (Wildman–Crippen MR) is 81.6 cm³/mol. The van der Waals surface area contributed by atoms with Crippen LogP contribution >= 0.6 is 0 Å². The normalized spacial score (nSPS) is 11.1. The third kappa shape index (κ3) is 1.99. The molecule has 2 aromatic carbocycles. The number of aromatic nitrogens is 5. The molecule has 0 saturated heterocycles.